The van der Waals surface area contributed by atoms with Gasteiger partial charge in [-0.15, -0.1) is 11.3 Å². The number of anilines is 1. The lowest BCUT2D eigenvalue weighted by molar-refractivity contribution is 0.354. The van der Waals surface area contributed by atoms with Gasteiger partial charge >= 0.3 is 0 Å². The Morgan fingerprint density at radius 2 is 2.00 bits per heavy atom. The van der Waals surface area contributed by atoms with Crippen molar-refractivity contribution in [3.63, 3.8) is 0 Å². The minimum absolute atomic E-state index is 0.746. The van der Waals surface area contributed by atoms with E-state index >= 15 is 0 Å². The van der Waals surface area contributed by atoms with E-state index in [9.17, 15) is 0 Å². The van der Waals surface area contributed by atoms with Crippen LogP contribution in [0.2, 0.25) is 0 Å². The van der Waals surface area contributed by atoms with Crippen LogP contribution in [0.4, 0.5) is 5.13 Å². The van der Waals surface area contributed by atoms with Crippen molar-refractivity contribution in [3.05, 3.63) is 34.8 Å². The maximum absolute atomic E-state index is 5.29. The average molecular weight is 264 g/mol. The molecule has 18 heavy (non-hydrogen) atoms. The zero-order valence-electron chi connectivity index (χ0n) is 10.7. The van der Waals surface area contributed by atoms with Crippen molar-refractivity contribution in [2.45, 2.75) is 6.42 Å². The molecule has 0 aliphatic heterocycles. The number of rotatable bonds is 5. The summed E-state index contributed by atoms with van der Waals surface area (Å²) in [5.41, 5.74) is 2.21. The molecule has 1 aromatic heterocycles. The Labute approximate surface area is 111 Å². The van der Waals surface area contributed by atoms with Gasteiger partial charge in [-0.1, -0.05) is 6.07 Å². The summed E-state index contributed by atoms with van der Waals surface area (Å²) < 4.78 is 10.5. The fraction of sp³-hybridized carbons (Fsp3) is 0.308. The first-order chi connectivity index (χ1) is 8.76. The van der Waals surface area contributed by atoms with E-state index in [1.807, 2.05) is 25.2 Å². The SMILES string of the molecule is CNc1nc(Cc2ccc(OC)c(OC)c2)cs1. The Balaban J connectivity index is 2.18. The van der Waals surface area contributed by atoms with Crippen molar-refractivity contribution in [3.8, 4) is 11.5 Å². The molecule has 0 aliphatic rings. The van der Waals surface area contributed by atoms with Gasteiger partial charge in [0.1, 0.15) is 0 Å². The average Bonchev–Trinajstić information content (AvgIpc) is 2.86. The fourth-order valence-electron chi connectivity index (χ4n) is 1.70. The minimum atomic E-state index is 0.746. The summed E-state index contributed by atoms with van der Waals surface area (Å²) in [6, 6.07) is 5.93. The van der Waals surface area contributed by atoms with Gasteiger partial charge in [-0.3, -0.25) is 0 Å². The standard InChI is InChI=1S/C13H16N2O2S/c1-14-13-15-10(8-18-13)6-9-4-5-11(16-2)12(7-9)17-3/h4-5,7-8H,6H2,1-3H3,(H,14,15). The van der Waals surface area contributed by atoms with Gasteiger partial charge in [0.25, 0.3) is 0 Å². The molecule has 0 fully saturated rings. The molecule has 0 amide bonds. The first kappa shape index (κ1) is 12.7. The van der Waals surface area contributed by atoms with Crippen molar-refractivity contribution < 1.29 is 9.47 Å². The molecule has 1 N–H and O–H groups in total. The van der Waals surface area contributed by atoms with Gasteiger partial charge < -0.3 is 14.8 Å². The smallest absolute Gasteiger partial charge is 0.182 e. The first-order valence-electron chi connectivity index (χ1n) is 5.60. The normalized spacial score (nSPS) is 10.2. The second-order valence-electron chi connectivity index (χ2n) is 3.76. The van der Waals surface area contributed by atoms with Crippen LogP contribution in [-0.2, 0) is 6.42 Å². The second kappa shape index (κ2) is 5.73. The fourth-order valence-corrected chi connectivity index (χ4v) is 2.37. The van der Waals surface area contributed by atoms with Gasteiger partial charge in [0.15, 0.2) is 16.6 Å². The number of methoxy groups -OCH3 is 2. The van der Waals surface area contributed by atoms with Crippen molar-refractivity contribution in [2.75, 3.05) is 26.6 Å². The van der Waals surface area contributed by atoms with Crippen molar-refractivity contribution in [2.24, 2.45) is 0 Å². The molecule has 0 unspecified atom stereocenters. The van der Waals surface area contributed by atoms with Crippen LogP contribution in [0.5, 0.6) is 11.5 Å². The van der Waals surface area contributed by atoms with Gasteiger partial charge in [-0.05, 0) is 17.7 Å². The molecule has 0 bridgehead atoms. The summed E-state index contributed by atoms with van der Waals surface area (Å²) in [4.78, 5) is 4.46. The molecule has 0 saturated heterocycles. The number of nitrogens with zero attached hydrogens (tertiary/aromatic N) is 1. The van der Waals surface area contributed by atoms with E-state index in [1.165, 1.54) is 0 Å². The predicted molar refractivity (Wildman–Crippen MR) is 74.0 cm³/mol. The van der Waals surface area contributed by atoms with Crippen molar-refractivity contribution >= 4 is 16.5 Å². The quantitative estimate of drug-likeness (QED) is 0.902. The summed E-state index contributed by atoms with van der Waals surface area (Å²) in [5, 5.41) is 6.03. The molecule has 4 nitrogen and oxygen atoms in total. The molecule has 0 radical (unpaired) electrons. The number of hydrogen-bond donors (Lipinski definition) is 1. The zero-order valence-corrected chi connectivity index (χ0v) is 11.5. The number of ether oxygens (including phenoxy) is 2. The van der Waals surface area contributed by atoms with E-state index in [4.69, 9.17) is 9.47 Å². The highest BCUT2D eigenvalue weighted by molar-refractivity contribution is 7.13. The second-order valence-corrected chi connectivity index (χ2v) is 4.62. The summed E-state index contributed by atoms with van der Waals surface area (Å²) >= 11 is 1.61. The molecule has 96 valence electrons. The third-order valence-corrected chi connectivity index (χ3v) is 3.51. The van der Waals surface area contributed by atoms with E-state index in [0.717, 1.165) is 34.3 Å². The zero-order chi connectivity index (χ0) is 13.0. The predicted octanol–water partition coefficient (Wildman–Crippen LogP) is 2.79. The van der Waals surface area contributed by atoms with Gasteiger partial charge in [-0.25, -0.2) is 4.98 Å². The highest BCUT2D eigenvalue weighted by Gasteiger charge is 2.07. The largest absolute Gasteiger partial charge is 0.493 e. The first-order valence-corrected chi connectivity index (χ1v) is 6.48. The molecule has 2 aromatic rings. The highest BCUT2D eigenvalue weighted by Crippen LogP contribution is 2.28. The van der Waals surface area contributed by atoms with Crippen molar-refractivity contribution in [1.82, 2.24) is 4.98 Å². The minimum Gasteiger partial charge on any atom is -0.493 e. The van der Waals surface area contributed by atoms with Gasteiger partial charge in [0.2, 0.25) is 0 Å². The molecule has 0 atom stereocenters. The van der Waals surface area contributed by atoms with Crippen LogP contribution in [-0.4, -0.2) is 26.3 Å². The van der Waals surface area contributed by atoms with Crippen LogP contribution in [0, 0.1) is 0 Å². The summed E-state index contributed by atoms with van der Waals surface area (Å²) in [6.45, 7) is 0. The lowest BCUT2D eigenvalue weighted by atomic mass is 10.1. The summed E-state index contributed by atoms with van der Waals surface area (Å²) in [5.74, 6) is 1.49. The van der Waals surface area contributed by atoms with Crippen LogP contribution in [0.1, 0.15) is 11.3 Å². The monoisotopic (exact) mass is 264 g/mol. The molecular formula is C13H16N2O2S. The molecule has 1 aromatic carbocycles. The molecule has 0 aliphatic carbocycles. The van der Waals surface area contributed by atoms with E-state index < -0.39 is 0 Å². The molecule has 0 spiro atoms. The van der Waals surface area contributed by atoms with Crippen LogP contribution >= 0.6 is 11.3 Å². The van der Waals surface area contributed by atoms with Gasteiger partial charge in [0.05, 0.1) is 19.9 Å². The molecule has 5 heteroatoms. The van der Waals surface area contributed by atoms with Gasteiger partial charge in [-0.2, -0.15) is 0 Å². The summed E-state index contributed by atoms with van der Waals surface area (Å²) in [7, 11) is 5.15. The van der Waals surface area contributed by atoms with Crippen LogP contribution in [0.15, 0.2) is 23.6 Å². The Morgan fingerprint density at radius 3 is 2.61 bits per heavy atom. The van der Waals surface area contributed by atoms with Gasteiger partial charge in [0, 0.05) is 18.8 Å². The third kappa shape index (κ3) is 2.73. The topological polar surface area (TPSA) is 43.4 Å². The van der Waals surface area contributed by atoms with E-state index in [0.29, 0.717) is 0 Å². The third-order valence-electron chi connectivity index (χ3n) is 2.60. The number of thiazole rings is 1. The van der Waals surface area contributed by atoms with Crippen LogP contribution in [0.25, 0.3) is 0 Å². The number of nitrogens with one attached hydrogen (secondary N) is 1. The maximum atomic E-state index is 5.29. The van der Waals surface area contributed by atoms with Crippen LogP contribution in [0.3, 0.4) is 0 Å². The van der Waals surface area contributed by atoms with E-state index in [-0.39, 0.29) is 0 Å². The highest BCUT2D eigenvalue weighted by atomic mass is 32.1. The van der Waals surface area contributed by atoms with E-state index in [1.54, 1.807) is 25.6 Å². The molecule has 0 saturated carbocycles. The molecule has 2 rings (SSSR count). The summed E-state index contributed by atoms with van der Waals surface area (Å²) in [6.07, 6.45) is 0.790. The Morgan fingerprint density at radius 1 is 1.22 bits per heavy atom. The number of aromatic nitrogens is 1. The maximum Gasteiger partial charge on any atom is 0.182 e. The molecule has 1 heterocycles. The lowest BCUT2D eigenvalue weighted by Gasteiger charge is -2.08. The number of hydrogen-bond acceptors (Lipinski definition) is 5. The van der Waals surface area contributed by atoms with Crippen molar-refractivity contribution in [1.29, 1.82) is 0 Å². The molecular weight excluding hydrogens is 248 g/mol. The Hall–Kier alpha value is -1.75. The number of benzene rings is 1. The lowest BCUT2D eigenvalue weighted by Crippen LogP contribution is -1.94. The Bertz CT molecular complexity index is 525. The van der Waals surface area contributed by atoms with Crippen LogP contribution < -0.4 is 14.8 Å². The van der Waals surface area contributed by atoms with E-state index in [2.05, 4.69) is 15.7 Å². The Kier molecular flexibility index (Phi) is 4.04.